The molecule has 0 aliphatic rings. The van der Waals surface area contributed by atoms with Crippen molar-refractivity contribution in [1.29, 1.82) is 0 Å². The Bertz CT molecular complexity index is 1850. The Morgan fingerprint density at radius 1 is 0.178 bits per heavy atom. The summed E-state index contributed by atoms with van der Waals surface area (Å²) in [6, 6.07) is 0. The molecule has 0 N–H and O–H groups in total. The summed E-state index contributed by atoms with van der Waals surface area (Å²) in [5, 5.41) is 0. The minimum absolute atomic E-state index is 0.277. The van der Waals surface area contributed by atoms with Gasteiger partial charge in [0, 0.05) is 30.4 Å². The van der Waals surface area contributed by atoms with Gasteiger partial charge in [-0.15, -0.1) is 0 Å². The van der Waals surface area contributed by atoms with E-state index in [9.17, 15) is 24.0 Å². The van der Waals surface area contributed by atoms with Gasteiger partial charge in [-0.1, -0.05) is 436 Å². The smallest absolute Gasteiger partial charge is 0.330 e. The van der Waals surface area contributed by atoms with Gasteiger partial charge in [-0.2, -0.15) is 0 Å². The third-order valence-corrected chi connectivity index (χ3v) is 20.8. The van der Waals surface area contributed by atoms with Crippen LogP contribution in [0.1, 0.15) is 467 Å². The van der Waals surface area contributed by atoms with Crippen LogP contribution in [0.5, 0.6) is 0 Å². The van der Waals surface area contributed by atoms with Crippen LogP contribution in [0.2, 0.25) is 0 Å². The summed E-state index contributed by atoms with van der Waals surface area (Å²) in [7, 11) is 0. The molecule has 0 aromatic rings. The van der Waals surface area contributed by atoms with Crippen LogP contribution < -0.4 is 0 Å². The average molecular weight is 1510 g/mol. The lowest BCUT2D eigenvalue weighted by molar-refractivity contribution is -0.140. The molecule has 0 fully saturated rings. The van der Waals surface area contributed by atoms with Gasteiger partial charge in [0.2, 0.25) is 0 Å². The van der Waals surface area contributed by atoms with Crippen LogP contribution in [0.25, 0.3) is 0 Å². The Hall–Kier alpha value is -3.95. The van der Waals surface area contributed by atoms with Crippen LogP contribution in [0.15, 0.2) is 63.3 Å². The highest BCUT2D eigenvalue weighted by Crippen LogP contribution is 2.25. The lowest BCUT2D eigenvalue weighted by Crippen LogP contribution is -2.13. The van der Waals surface area contributed by atoms with E-state index in [4.69, 9.17) is 23.7 Å². The molecule has 3 atom stereocenters. The number of carbonyl (C=O) groups excluding carboxylic acids is 5. The van der Waals surface area contributed by atoms with Crippen molar-refractivity contribution in [2.45, 2.75) is 467 Å². The first-order chi connectivity index (χ1) is 52.2. The van der Waals surface area contributed by atoms with Gasteiger partial charge in [-0.25, -0.2) is 24.0 Å². The number of carbonyl (C=O) groups is 5. The summed E-state index contributed by atoms with van der Waals surface area (Å²) in [4.78, 5) is 56.1. The molecule has 0 amide bonds. The predicted molar refractivity (Wildman–Crippen MR) is 466 cm³/mol. The third-order valence-electron chi connectivity index (χ3n) is 20.8. The second-order valence-corrected chi connectivity index (χ2v) is 31.2. The topological polar surface area (TPSA) is 132 Å². The molecule has 10 heteroatoms. The van der Waals surface area contributed by atoms with Crippen molar-refractivity contribution in [3.05, 3.63) is 63.3 Å². The number of unbranched alkanes of at least 4 members (excludes halogenated alkanes) is 42. The number of rotatable bonds is 77. The highest BCUT2D eigenvalue weighted by Gasteiger charge is 2.16. The lowest BCUT2D eigenvalue weighted by atomic mass is 9.95. The van der Waals surface area contributed by atoms with Crippen molar-refractivity contribution >= 4 is 29.8 Å². The average Bonchev–Trinajstić information content (AvgIpc) is 1.11. The number of hydrogen-bond acceptors (Lipinski definition) is 10. The maximum Gasteiger partial charge on any atom is 0.330 e. The van der Waals surface area contributed by atoms with E-state index in [1.54, 1.807) is 0 Å². The van der Waals surface area contributed by atoms with E-state index in [0.717, 1.165) is 0 Å². The summed E-state index contributed by atoms with van der Waals surface area (Å²) in [5.41, 5.74) is 0. The Kier molecular flexibility index (Phi) is 102. The van der Waals surface area contributed by atoms with Gasteiger partial charge in [0.05, 0.1) is 33.0 Å². The van der Waals surface area contributed by atoms with E-state index in [2.05, 4.69) is 102 Å². The molecule has 0 aromatic carbocycles. The van der Waals surface area contributed by atoms with Gasteiger partial charge in [0.25, 0.3) is 0 Å². The van der Waals surface area contributed by atoms with Crippen LogP contribution in [-0.4, -0.2) is 62.9 Å². The summed E-state index contributed by atoms with van der Waals surface area (Å²) in [5.74, 6) is 1.29. The fourth-order valence-corrected chi connectivity index (χ4v) is 13.6. The van der Waals surface area contributed by atoms with Gasteiger partial charge in [-0.05, 0) is 93.8 Å². The zero-order valence-electron chi connectivity index (χ0n) is 73.3. The molecular formula is C97H184O10. The zero-order chi connectivity index (χ0) is 80.2. The highest BCUT2D eigenvalue weighted by molar-refractivity contribution is 5.82. The first kappa shape index (κ1) is 112. The number of esters is 5. The Morgan fingerprint density at radius 2 is 0.271 bits per heavy atom. The Morgan fingerprint density at radius 3 is 0.374 bits per heavy atom. The molecule has 10 nitrogen and oxygen atoms in total. The van der Waals surface area contributed by atoms with E-state index in [1.807, 2.05) is 0 Å². The van der Waals surface area contributed by atoms with Crippen molar-refractivity contribution < 1.29 is 47.7 Å². The van der Waals surface area contributed by atoms with Crippen molar-refractivity contribution in [3.8, 4) is 0 Å². The van der Waals surface area contributed by atoms with Gasteiger partial charge in [0.15, 0.2) is 0 Å². The standard InChI is InChI=1S/C21H40O2.C20H38O2.2C19H36O2.C18H34O2/c1-4-7-9-11-13-15-17-20(19-23-21(22)6-3)18-16-14-12-10-8-5-2;1-4-7-9-11-13-15-17-19(18-22-20(21)6-3)16-14-12-10-8-5-2;1-4-7-9-11-12-14-16-18(15-13-10-8-5-2)17-21-19(20)6-3;1-4-7-9-11-13-15-18(17-21-19(20)6-3)16-14-12-10-8-5-2;1-4-7-9-11-13-15-17(14-12-10-8-5-2)16-20-18(19)6-3/h6,20H,3-5,7-19H2,1-2H3;6,19H,3-5,7-18H2,1-2H3;2*6,18H,3-5,7-17H2,1-2H3;6,17H,3-5,7-16H2,1-2H3. The molecule has 632 valence electrons. The van der Waals surface area contributed by atoms with Gasteiger partial charge < -0.3 is 23.7 Å². The van der Waals surface area contributed by atoms with Crippen molar-refractivity contribution in [2.75, 3.05) is 33.0 Å². The summed E-state index contributed by atoms with van der Waals surface area (Å²) < 4.78 is 26.3. The molecule has 0 aromatic heterocycles. The van der Waals surface area contributed by atoms with Crippen LogP contribution in [0, 0.1) is 29.6 Å². The van der Waals surface area contributed by atoms with Gasteiger partial charge >= 0.3 is 29.8 Å². The Balaban J connectivity index is -0.000000405. The van der Waals surface area contributed by atoms with Gasteiger partial charge in [0.1, 0.15) is 0 Å². The third kappa shape index (κ3) is 96.2. The maximum absolute atomic E-state index is 11.3. The molecule has 0 rings (SSSR count). The predicted octanol–water partition coefficient (Wildman–Crippen LogP) is 31.0. The van der Waals surface area contributed by atoms with Crippen LogP contribution in [0.3, 0.4) is 0 Å². The molecule has 0 spiro atoms. The summed E-state index contributed by atoms with van der Waals surface area (Å²) in [6.07, 6.45) is 86.7. The molecule has 0 saturated carbocycles. The normalized spacial score (nSPS) is 11.6. The second kappa shape index (κ2) is 98.1. The van der Waals surface area contributed by atoms with Crippen LogP contribution in [0.4, 0.5) is 0 Å². The largest absolute Gasteiger partial charge is 0.462 e. The summed E-state index contributed by atoms with van der Waals surface area (Å²) >= 11 is 0. The quantitative estimate of drug-likeness (QED) is 0.0251. The van der Waals surface area contributed by atoms with Crippen LogP contribution in [-0.2, 0) is 47.7 Å². The molecule has 0 saturated heterocycles. The molecular weight excluding hydrogens is 1330 g/mol. The van der Waals surface area contributed by atoms with E-state index in [0.29, 0.717) is 62.6 Å². The van der Waals surface area contributed by atoms with Crippen molar-refractivity contribution in [1.82, 2.24) is 0 Å². The monoisotopic (exact) mass is 1510 g/mol. The second-order valence-electron chi connectivity index (χ2n) is 31.2. The van der Waals surface area contributed by atoms with E-state index in [-0.39, 0.29) is 29.8 Å². The van der Waals surface area contributed by atoms with E-state index >= 15 is 0 Å². The molecule has 3 unspecified atom stereocenters. The zero-order valence-corrected chi connectivity index (χ0v) is 73.3. The van der Waals surface area contributed by atoms with E-state index in [1.165, 1.54) is 428 Å². The maximum atomic E-state index is 11.3. The summed E-state index contributed by atoms with van der Waals surface area (Å²) in [6.45, 7) is 42.6. The lowest BCUT2D eigenvalue weighted by Gasteiger charge is -2.16. The molecule has 0 aliphatic heterocycles. The minimum Gasteiger partial charge on any atom is -0.462 e. The molecule has 0 aliphatic carbocycles. The fraction of sp³-hybridized carbons (Fsp3) is 0.845. The molecule has 0 bridgehead atoms. The van der Waals surface area contributed by atoms with Crippen LogP contribution >= 0.6 is 0 Å². The van der Waals surface area contributed by atoms with E-state index < -0.39 is 0 Å². The number of hydrogen-bond donors (Lipinski definition) is 0. The SMILES string of the molecule is C=CC(=O)OCC(CCCCCC)CCCCCCC.C=CC(=O)OCC(CCCCCC)CCCCCCCC.C=CC(=O)OCC(CCCCCCC)CCCCCCC.C=CC(=O)OCC(CCCCCCC)CCCCCCCC.C=CC(=O)OCC(CCCCCCCC)CCCCCCCC. The van der Waals surface area contributed by atoms with Crippen molar-refractivity contribution in [3.63, 3.8) is 0 Å². The first-order valence-corrected chi connectivity index (χ1v) is 46.2. The first-order valence-electron chi connectivity index (χ1n) is 46.2. The molecule has 107 heavy (non-hydrogen) atoms. The molecule has 0 heterocycles. The minimum atomic E-state index is -0.283. The fourth-order valence-electron chi connectivity index (χ4n) is 13.6. The highest BCUT2D eigenvalue weighted by atomic mass is 16.5. The van der Waals surface area contributed by atoms with Crippen molar-refractivity contribution in [2.24, 2.45) is 29.6 Å². The Labute approximate surface area is 667 Å². The number of ether oxygens (including phenoxy) is 5. The van der Waals surface area contributed by atoms with Gasteiger partial charge in [-0.3, -0.25) is 0 Å². The molecule has 0 radical (unpaired) electrons.